The van der Waals surface area contributed by atoms with Crippen molar-refractivity contribution in [1.82, 2.24) is 5.43 Å². The lowest BCUT2D eigenvalue weighted by molar-refractivity contribution is -0.123. The minimum Gasteiger partial charge on any atom is -0.481 e. The topological polar surface area (TPSA) is 63.8 Å². The molecular formula is C14H11Br3N2O3. The van der Waals surface area contributed by atoms with Crippen molar-refractivity contribution < 1.29 is 13.9 Å². The number of hydrazone groups is 1. The molecule has 0 fully saturated rings. The van der Waals surface area contributed by atoms with Gasteiger partial charge < -0.3 is 9.15 Å². The highest BCUT2D eigenvalue weighted by Crippen LogP contribution is 2.34. The molecular weight excluding hydrogens is 484 g/mol. The van der Waals surface area contributed by atoms with Crippen LogP contribution in [0.5, 0.6) is 5.75 Å². The first kappa shape index (κ1) is 17.2. The van der Waals surface area contributed by atoms with Crippen LogP contribution < -0.4 is 10.2 Å². The van der Waals surface area contributed by atoms with E-state index in [9.17, 15) is 4.79 Å². The number of rotatable bonds is 5. The van der Waals surface area contributed by atoms with Crippen LogP contribution in [0.3, 0.4) is 0 Å². The molecule has 0 saturated heterocycles. The lowest BCUT2D eigenvalue weighted by Gasteiger charge is -2.10. The van der Waals surface area contributed by atoms with E-state index in [-0.39, 0.29) is 12.5 Å². The molecule has 5 nitrogen and oxygen atoms in total. The van der Waals surface area contributed by atoms with E-state index in [1.165, 1.54) is 6.21 Å². The number of hydrogen-bond acceptors (Lipinski definition) is 4. The summed E-state index contributed by atoms with van der Waals surface area (Å²) in [5.74, 6) is 0.720. The van der Waals surface area contributed by atoms with Crippen molar-refractivity contribution in [2.24, 2.45) is 5.10 Å². The van der Waals surface area contributed by atoms with Crippen molar-refractivity contribution in [2.75, 3.05) is 6.61 Å². The number of carbonyl (C=O) groups excluding carboxylic acids is 1. The highest BCUT2D eigenvalue weighted by atomic mass is 79.9. The Hall–Kier alpha value is -1.12. The molecule has 0 aliphatic rings. The first-order valence-corrected chi connectivity index (χ1v) is 8.49. The molecule has 116 valence electrons. The lowest BCUT2D eigenvalue weighted by Crippen LogP contribution is -2.24. The number of nitrogens with zero attached hydrogens (tertiary/aromatic N) is 1. The molecule has 1 N–H and O–H groups in total. The van der Waals surface area contributed by atoms with E-state index in [4.69, 9.17) is 9.15 Å². The quantitative estimate of drug-likeness (QED) is 0.495. The van der Waals surface area contributed by atoms with Crippen molar-refractivity contribution in [2.45, 2.75) is 6.92 Å². The molecule has 0 atom stereocenters. The van der Waals surface area contributed by atoms with Crippen LogP contribution in [-0.4, -0.2) is 18.7 Å². The summed E-state index contributed by atoms with van der Waals surface area (Å²) in [6.45, 7) is 1.81. The summed E-state index contributed by atoms with van der Waals surface area (Å²) in [5.41, 5.74) is 3.43. The molecule has 22 heavy (non-hydrogen) atoms. The molecule has 0 unspecified atom stereocenters. The standard InChI is InChI=1S/C14H11Br3N2O3/c1-8-4-10(15)14(11(16)5-8)21-7-13(20)19-18-6-9-2-3-12(17)22-9/h2-6H,7H2,1H3,(H,19,20)/b18-6+. The third-order valence-corrected chi connectivity index (χ3v) is 4.07. The number of ether oxygens (including phenoxy) is 1. The highest BCUT2D eigenvalue weighted by Gasteiger charge is 2.10. The van der Waals surface area contributed by atoms with Gasteiger partial charge in [-0.1, -0.05) is 0 Å². The Morgan fingerprint density at radius 3 is 2.59 bits per heavy atom. The van der Waals surface area contributed by atoms with Gasteiger partial charge in [-0.05, 0) is 84.5 Å². The maximum atomic E-state index is 11.7. The first-order chi connectivity index (χ1) is 10.5. The minimum atomic E-state index is -0.374. The molecule has 0 saturated carbocycles. The van der Waals surface area contributed by atoms with Gasteiger partial charge in [0.25, 0.3) is 5.91 Å². The van der Waals surface area contributed by atoms with Gasteiger partial charge >= 0.3 is 0 Å². The summed E-state index contributed by atoms with van der Waals surface area (Å²) in [6.07, 6.45) is 1.40. The third kappa shape index (κ3) is 4.96. The Labute approximate surface area is 152 Å². The summed E-state index contributed by atoms with van der Waals surface area (Å²) < 4.78 is 12.8. The zero-order valence-electron chi connectivity index (χ0n) is 11.4. The highest BCUT2D eigenvalue weighted by molar-refractivity contribution is 9.11. The number of halogens is 3. The summed E-state index contributed by atoms with van der Waals surface area (Å²) in [7, 11) is 0. The zero-order valence-corrected chi connectivity index (χ0v) is 16.2. The van der Waals surface area contributed by atoms with Gasteiger partial charge in [0.05, 0.1) is 15.2 Å². The summed E-state index contributed by atoms with van der Waals surface area (Å²) in [5, 5.41) is 3.78. The maximum absolute atomic E-state index is 11.7. The smallest absolute Gasteiger partial charge is 0.277 e. The van der Waals surface area contributed by atoms with Gasteiger partial charge in [0.1, 0.15) is 11.5 Å². The molecule has 1 amide bonds. The maximum Gasteiger partial charge on any atom is 0.277 e. The third-order valence-electron chi connectivity index (χ3n) is 2.47. The second kappa shape index (κ2) is 7.94. The van der Waals surface area contributed by atoms with Gasteiger partial charge in [-0.2, -0.15) is 5.10 Å². The average molecular weight is 495 g/mol. The Morgan fingerprint density at radius 2 is 2.00 bits per heavy atom. The van der Waals surface area contributed by atoms with Crippen molar-refractivity contribution in [1.29, 1.82) is 0 Å². The normalized spacial score (nSPS) is 10.9. The molecule has 2 aromatic rings. The van der Waals surface area contributed by atoms with E-state index in [2.05, 4.69) is 58.3 Å². The number of amides is 1. The number of benzene rings is 1. The molecule has 1 aromatic heterocycles. The largest absolute Gasteiger partial charge is 0.481 e. The molecule has 2 rings (SSSR count). The second-order valence-corrected chi connectivity index (χ2v) is 6.77. The van der Waals surface area contributed by atoms with Gasteiger partial charge in [-0.25, -0.2) is 5.43 Å². The Balaban J connectivity index is 1.87. The van der Waals surface area contributed by atoms with Crippen molar-refractivity contribution in [3.8, 4) is 5.75 Å². The minimum absolute atomic E-state index is 0.153. The Kier molecular flexibility index (Phi) is 6.22. The number of aryl methyl sites for hydroxylation is 1. The average Bonchev–Trinajstić information content (AvgIpc) is 2.83. The van der Waals surface area contributed by atoms with E-state index < -0.39 is 0 Å². The SMILES string of the molecule is Cc1cc(Br)c(OCC(=O)N/N=C/c2ccc(Br)o2)c(Br)c1. The molecule has 0 spiro atoms. The monoisotopic (exact) mass is 492 g/mol. The van der Waals surface area contributed by atoms with Gasteiger partial charge in [-0.15, -0.1) is 0 Å². The van der Waals surface area contributed by atoms with Crippen LogP contribution in [0.2, 0.25) is 0 Å². The van der Waals surface area contributed by atoms with Crippen LogP contribution in [0, 0.1) is 6.92 Å². The van der Waals surface area contributed by atoms with E-state index in [0.29, 0.717) is 16.2 Å². The van der Waals surface area contributed by atoms with Gasteiger partial charge in [-0.3, -0.25) is 4.79 Å². The van der Waals surface area contributed by atoms with E-state index >= 15 is 0 Å². The second-order valence-electron chi connectivity index (χ2n) is 4.28. The summed E-state index contributed by atoms with van der Waals surface area (Å²) >= 11 is 9.98. The van der Waals surface area contributed by atoms with Crippen LogP contribution in [0.15, 0.2) is 47.4 Å². The fourth-order valence-corrected chi connectivity index (χ4v) is 3.52. The van der Waals surface area contributed by atoms with Gasteiger partial charge in [0, 0.05) is 0 Å². The van der Waals surface area contributed by atoms with E-state index in [0.717, 1.165) is 14.5 Å². The molecule has 8 heteroatoms. The summed E-state index contributed by atoms with van der Waals surface area (Å²) in [4.78, 5) is 11.7. The number of furan rings is 1. The molecule has 0 aliphatic heterocycles. The molecule has 0 aliphatic carbocycles. The Morgan fingerprint density at radius 1 is 1.32 bits per heavy atom. The summed E-state index contributed by atoms with van der Waals surface area (Å²) in [6, 6.07) is 7.27. The van der Waals surface area contributed by atoms with Gasteiger partial charge in [0.15, 0.2) is 11.3 Å². The molecule has 0 bridgehead atoms. The first-order valence-electron chi connectivity index (χ1n) is 6.11. The number of nitrogens with one attached hydrogen (secondary N) is 1. The fourth-order valence-electron chi connectivity index (χ4n) is 1.56. The van der Waals surface area contributed by atoms with E-state index in [1.807, 2.05) is 19.1 Å². The molecule has 1 heterocycles. The zero-order chi connectivity index (χ0) is 16.1. The van der Waals surface area contributed by atoms with Crippen molar-refractivity contribution in [3.63, 3.8) is 0 Å². The predicted octanol–water partition coefficient (Wildman–Crippen LogP) is 4.40. The van der Waals surface area contributed by atoms with Crippen LogP contribution in [-0.2, 0) is 4.79 Å². The van der Waals surface area contributed by atoms with Crippen molar-refractivity contribution in [3.05, 3.63) is 49.2 Å². The molecule has 0 radical (unpaired) electrons. The van der Waals surface area contributed by atoms with Crippen molar-refractivity contribution >= 4 is 59.9 Å². The van der Waals surface area contributed by atoms with Crippen LogP contribution in [0.25, 0.3) is 0 Å². The van der Waals surface area contributed by atoms with Crippen LogP contribution >= 0.6 is 47.8 Å². The lowest BCUT2D eigenvalue weighted by atomic mass is 10.2. The predicted molar refractivity (Wildman–Crippen MR) is 94.2 cm³/mol. The fraction of sp³-hybridized carbons (Fsp3) is 0.143. The van der Waals surface area contributed by atoms with Crippen LogP contribution in [0.4, 0.5) is 0 Å². The number of carbonyl (C=O) groups is 1. The van der Waals surface area contributed by atoms with E-state index in [1.54, 1.807) is 12.1 Å². The number of hydrogen-bond donors (Lipinski definition) is 1. The Bertz CT molecular complexity index is 690. The van der Waals surface area contributed by atoms with Crippen LogP contribution in [0.1, 0.15) is 11.3 Å². The molecule has 1 aromatic carbocycles. The van der Waals surface area contributed by atoms with Gasteiger partial charge in [0.2, 0.25) is 0 Å².